The number of benzene rings is 1. The minimum atomic E-state index is -0.133. The number of hydrogen-bond donors (Lipinski definition) is 2. The fourth-order valence-electron chi connectivity index (χ4n) is 2.11. The molecule has 2 heterocycles. The van der Waals surface area contributed by atoms with Crippen LogP contribution in [0.25, 0.3) is 11.4 Å². The summed E-state index contributed by atoms with van der Waals surface area (Å²) >= 11 is 0. The van der Waals surface area contributed by atoms with E-state index in [4.69, 9.17) is 0 Å². The van der Waals surface area contributed by atoms with Crippen LogP contribution in [0.3, 0.4) is 0 Å². The molecule has 3 rings (SSSR count). The summed E-state index contributed by atoms with van der Waals surface area (Å²) in [5.41, 5.74) is 2.92. The minimum Gasteiger partial charge on any atom is -0.295 e. The van der Waals surface area contributed by atoms with Gasteiger partial charge >= 0.3 is 0 Å². The number of aromatic nitrogens is 4. The molecule has 2 N–H and O–H groups in total. The number of anilines is 1. The van der Waals surface area contributed by atoms with Crippen molar-refractivity contribution in [3.63, 3.8) is 0 Å². The van der Waals surface area contributed by atoms with Crippen LogP contribution < -0.4 is 10.8 Å². The predicted molar refractivity (Wildman–Crippen MR) is 86.6 cm³/mol. The first-order chi connectivity index (χ1) is 10.7. The number of carbonyl (C=O) groups excluding carboxylic acids is 1. The Bertz CT molecular complexity index is 787. The van der Waals surface area contributed by atoms with Crippen LogP contribution in [0.15, 0.2) is 48.8 Å². The summed E-state index contributed by atoms with van der Waals surface area (Å²) in [6.45, 7) is 0. The summed E-state index contributed by atoms with van der Waals surface area (Å²) in [6.07, 6.45) is 3.64. The Morgan fingerprint density at radius 2 is 1.95 bits per heavy atom. The van der Waals surface area contributed by atoms with E-state index in [2.05, 4.69) is 25.5 Å². The molecule has 0 spiro atoms. The number of rotatable bonds is 4. The van der Waals surface area contributed by atoms with Crippen molar-refractivity contribution >= 4 is 25.2 Å². The Hall–Kier alpha value is -2.96. The lowest BCUT2D eigenvalue weighted by Crippen LogP contribution is -2.20. The normalized spacial score (nSPS) is 10.4. The van der Waals surface area contributed by atoms with Crippen LogP contribution in [0.1, 0.15) is 5.56 Å². The second kappa shape index (κ2) is 6.21. The van der Waals surface area contributed by atoms with Crippen molar-refractivity contribution in [1.29, 1.82) is 0 Å². The van der Waals surface area contributed by atoms with Gasteiger partial charge < -0.3 is 0 Å². The molecule has 0 saturated carbocycles. The summed E-state index contributed by atoms with van der Waals surface area (Å²) in [6, 6.07) is 11.4. The maximum Gasteiger partial charge on any atom is 0.231 e. The van der Waals surface area contributed by atoms with Crippen LogP contribution in [-0.2, 0) is 11.2 Å². The van der Waals surface area contributed by atoms with Gasteiger partial charge in [-0.15, -0.1) is 0 Å². The van der Waals surface area contributed by atoms with Gasteiger partial charge in [0.05, 0.1) is 6.42 Å². The van der Waals surface area contributed by atoms with E-state index in [-0.39, 0.29) is 5.91 Å². The number of H-pyrrole nitrogens is 1. The van der Waals surface area contributed by atoms with Gasteiger partial charge in [0.2, 0.25) is 11.9 Å². The lowest BCUT2D eigenvalue weighted by molar-refractivity contribution is -0.115. The topological polar surface area (TPSA) is 83.6 Å². The average Bonchev–Trinajstić information content (AvgIpc) is 2.99. The maximum atomic E-state index is 12.1. The van der Waals surface area contributed by atoms with Crippen LogP contribution in [-0.4, -0.2) is 33.9 Å². The zero-order valence-electron chi connectivity index (χ0n) is 12.1. The zero-order valence-corrected chi connectivity index (χ0v) is 12.1. The third-order valence-corrected chi connectivity index (χ3v) is 3.29. The Morgan fingerprint density at radius 3 is 2.73 bits per heavy atom. The first-order valence-corrected chi connectivity index (χ1v) is 6.89. The van der Waals surface area contributed by atoms with Gasteiger partial charge in [-0.2, -0.15) is 10.1 Å². The fraction of sp³-hybridized carbons (Fsp3) is 0.0667. The number of nitrogens with one attached hydrogen (secondary N) is 2. The number of hydrogen-bond acceptors (Lipinski definition) is 4. The van der Waals surface area contributed by atoms with Crippen LogP contribution in [0.2, 0.25) is 0 Å². The van der Waals surface area contributed by atoms with E-state index in [0.717, 1.165) is 16.6 Å². The molecule has 7 heteroatoms. The van der Waals surface area contributed by atoms with Gasteiger partial charge in [-0.05, 0) is 17.7 Å². The van der Waals surface area contributed by atoms with Crippen molar-refractivity contribution in [2.24, 2.45) is 0 Å². The van der Waals surface area contributed by atoms with E-state index in [0.29, 0.717) is 18.2 Å². The lowest BCUT2D eigenvalue weighted by Gasteiger charge is -2.04. The number of nitrogens with zero attached hydrogens (tertiary/aromatic N) is 3. The first-order valence-electron chi connectivity index (χ1n) is 6.89. The molecular weight excluding hydrogens is 277 g/mol. The van der Waals surface area contributed by atoms with E-state index in [1.807, 2.05) is 44.2 Å². The number of amides is 1. The van der Waals surface area contributed by atoms with Crippen LogP contribution in [0.4, 0.5) is 5.95 Å². The number of aromatic amines is 1. The third kappa shape index (κ3) is 3.20. The van der Waals surface area contributed by atoms with Crippen molar-refractivity contribution in [3.05, 3.63) is 54.4 Å². The quantitative estimate of drug-likeness (QED) is 0.677. The molecule has 1 amide bonds. The molecule has 3 aromatic rings. The number of carbonyl (C=O) groups is 1. The van der Waals surface area contributed by atoms with Gasteiger partial charge in [-0.3, -0.25) is 15.1 Å². The van der Waals surface area contributed by atoms with Crippen molar-refractivity contribution < 1.29 is 4.79 Å². The molecule has 22 heavy (non-hydrogen) atoms. The molecule has 0 saturated heterocycles. The van der Waals surface area contributed by atoms with E-state index in [9.17, 15) is 4.79 Å². The summed E-state index contributed by atoms with van der Waals surface area (Å²) in [4.78, 5) is 20.3. The largest absolute Gasteiger partial charge is 0.295 e. The molecule has 0 atom stereocenters. The fourth-order valence-corrected chi connectivity index (χ4v) is 2.11. The van der Waals surface area contributed by atoms with Crippen LogP contribution in [0, 0.1) is 0 Å². The molecule has 0 unspecified atom stereocenters. The van der Waals surface area contributed by atoms with Crippen LogP contribution >= 0.6 is 0 Å². The standard InChI is InChI=1S/C15H14BN5O/c16-12-4-2-1-3-11(12)9-13(22)18-15-19-14(20-21-15)10-5-7-17-8-6-10/h1-8H,9,16H2,(H2,18,19,20,21,22). The first kappa shape index (κ1) is 14.0. The Morgan fingerprint density at radius 1 is 1.18 bits per heavy atom. The SMILES string of the molecule is Bc1ccccc1CC(=O)Nc1nc(-c2ccncc2)n[nH]1. The predicted octanol–water partition coefficient (Wildman–Crippen LogP) is 0.306. The molecule has 0 fully saturated rings. The van der Waals surface area contributed by atoms with Gasteiger partial charge in [0.1, 0.15) is 7.85 Å². The van der Waals surface area contributed by atoms with Crippen molar-refractivity contribution in [1.82, 2.24) is 20.2 Å². The molecule has 6 nitrogen and oxygen atoms in total. The Balaban J connectivity index is 1.68. The van der Waals surface area contributed by atoms with Gasteiger partial charge in [0.25, 0.3) is 0 Å². The molecule has 0 aliphatic carbocycles. The van der Waals surface area contributed by atoms with E-state index < -0.39 is 0 Å². The maximum absolute atomic E-state index is 12.1. The van der Waals surface area contributed by atoms with Crippen LogP contribution in [0.5, 0.6) is 0 Å². The van der Waals surface area contributed by atoms with E-state index in [1.165, 1.54) is 0 Å². The molecule has 0 bridgehead atoms. The van der Waals surface area contributed by atoms with Crippen molar-refractivity contribution in [2.75, 3.05) is 5.32 Å². The summed E-state index contributed by atoms with van der Waals surface area (Å²) in [5, 5.41) is 9.53. The smallest absolute Gasteiger partial charge is 0.231 e. The lowest BCUT2D eigenvalue weighted by atomic mass is 9.89. The molecule has 108 valence electrons. The van der Waals surface area contributed by atoms with Crippen molar-refractivity contribution in [3.8, 4) is 11.4 Å². The third-order valence-electron chi connectivity index (χ3n) is 3.29. The number of pyridine rings is 1. The molecule has 0 radical (unpaired) electrons. The molecule has 1 aromatic carbocycles. The van der Waals surface area contributed by atoms with Gasteiger partial charge in [0, 0.05) is 18.0 Å². The molecule has 0 aliphatic rings. The molecule has 2 aromatic heterocycles. The summed E-state index contributed by atoms with van der Waals surface area (Å²) < 4.78 is 0. The minimum absolute atomic E-state index is 0.133. The monoisotopic (exact) mass is 291 g/mol. The summed E-state index contributed by atoms with van der Waals surface area (Å²) in [7, 11) is 1.98. The average molecular weight is 291 g/mol. The van der Waals surface area contributed by atoms with Gasteiger partial charge in [0.15, 0.2) is 5.82 Å². The highest BCUT2D eigenvalue weighted by Crippen LogP contribution is 2.14. The second-order valence-corrected chi connectivity index (χ2v) is 4.89. The highest BCUT2D eigenvalue weighted by atomic mass is 16.1. The van der Waals surface area contributed by atoms with E-state index >= 15 is 0 Å². The van der Waals surface area contributed by atoms with E-state index in [1.54, 1.807) is 12.4 Å². The Labute approximate surface area is 128 Å². The second-order valence-electron chi connectivity index (χ2n) is 4.89. The van der Waals surface area contributed by atoms with Gasteiger partial charge in [-0.25, -0.2) is 5.10 Å². The highest BCUT2D eigenvalue weighted by Gasteiger charge is 2.10. The molecular formula is C15H14BN5O. The Kier molecular flexibility index (Phi) is 3.96. The zero-order chi connectivity index (χ0) is 15.4. The van der Waals surface area contributed by atoms with Crippen molar-refractivity contribution in [2.45, 2.75) is 6.42 Å². The molecule has 0 aliphatic heterocycles. The highest BCUT2D eigenvalue weighted by molar-refractivity contribution is 6.33. The van der Waals surface area contributed by atoms with Gasteiger partial charge in [-0.1, -0.05) is 29.7 Å². The summed E-state index contributed by atoms with van der Waals surface area (Å²) in [5.74, 6) is 0.728.